The van der Waals surface area contributed by atoms with Crippen molar-refractivity contribution in [1.29, 1.82) is 0 Å². The van der Waals surface area contributed by atoms with Crippen molar-refractivity contribution in [2.24, 2.45) is 7.05 Å². The average molecular weight is 324 g/mol. The monoisotopic (exact) mass is 324 g/mol. The van der Waals surface area contributed by atoms with Crippen LogP contribution >= 0.6 is 0 Å². The van der Waals surface area contributed by atoms with Crippen LogP contribution in [-0.4, -0.2) is 40.9 Å². The van der Waals surface area contributed by atoms with E-state index in [2.05, 4.69) is 53.6 Å². The van der Waals surface area contributed by atoms with Gasteiger partial charge in [-0.3, -0.25) is 9.58 Å². The van der Waals surface area contributed by atoms with Crippen molar-refractivity contribution in [3.8, 4) is 0 Å². The Labute approximate surface area is 145 Å². The smallest absolute Gasteiger partial charge is 0.0660 e. The van der Waals surface area contributed by atoms with Crippen LogP contribution in [0.25, 0.3) is 0 Å². The highest BCUT2D eigenvalue weighted by Gasteiger charge is 2.24. The molecule has 0 bridgehead atoms. The van der Waals surface area contributed by atoms with Crippen LogP contribution in [0, 0.1) is 13.8 Å². The van der Waals surface area contributed by atoms with Gasteiger partial charge < -0.3 is 4.90 Å². The zero-order valence-electron chi connectivity index (χ0n) is 15.2. The minimum atomic E-state index is 1.06. The first kappa shape index (κ1) is 15.7. The number of piperazine rings is 1. The number of aromatic nitrogens is 2. The molecule has 4 nitrogen and oxygen atoms in total. The molecule has 1 aliphatic heterocycles. The fourth-order valence-electron chi connectivity index (χ4n) is 4.22. The molecule has 2 aromatic rings. The molecule has 1 aromatic heterocycles. The van der Waals surface area contributed by atoms with Gasteiger partial charge in [-0.2, -0.15) is 5.10 Å². The van der Waals surface area contributed by atoms with Crippen molar-refractivity contribution in [2.75, 3.05) is 31.1 Å². The first-order valence-corrected chi connectivity index (χ1v) is 9.20. The average Bonchev–Trinajstić information content (AvgIpc) is 3.14. The van der Waals surface area contributed by atoms with E-state index in [0.29, 0.717) is 0 Å². The third-order valence-corrected chi connectivity index (χ3v) is 5.86. The van der Waals surface area contributed by atoms with Crippen LogP contribution in [-0.2, 0) is 26.4 Å². The molecule has 4 rings (SSSR count). The highest BCUT2D eigenvalue weighted by Crippen LogP contribution is 2.27. The maximum absolute atomic E-state index is 4.72. The molecule has 2 aliphatic rings. The van der Waals surface area contributed by atoms with Crippen LogP contribution in [0.2, 0.25) is 0 Å². The van der Waals surface area contributed by atoms with Crippen LogP contribution in [0.3, 0.4) is 0 Å². The molecule has 1 aromatic carbocycles. The Kier molecular flexibility index (Phi) is 4.09. The van der Waals surface area contributed by atoms with Crippen LogP contribution in [0.15, 0.2) is 18.2 Å². The Bertz CT molecular complexity index is 738. The van der Waals surface area contributed by atoms with Gasteiger partial charge in [0.15, 0.2) is 0 Å². The molecule has 24 heavy (non-hydrogen) atoms. The third kappa shape index (κ3) is 2.73. The fourth-order valence-corrected chi connectivity index (χ4v) is 4.22. The number of fused-ring (bicyclic) bond motifs is 1. The van der Waals surface area contributed by atoms with Crippen LogP contribution in [0.1, 0.15) is 34.5 Å². The highest BCUT2D eigenvalue weighted by atomic mass is 15.3. The lowest BCUT2D eigenvalue weighted by Gasteiger charge is -2.37. The van der Waals surface area contributed by atoms with Gasteiger partial charge in [0.2, 0.25) is 0 Å². The van der Waals surface area contributed by atoms with Crippen molar-refractivity contribution in [2.45, 2.75) is 39.7 Å². The van der Waals surface area contributed by atoms with E-state index in [1.54, 1.807) is 0 Å². The second kappa shape index (κ2) is 6.25. The van der Waals surface area contributed by atoms with Crippen LogP contribution in [0.4, 0.5) is 5.69 Å². The molecule has 1 saturated heterocycles. The molecule has 0 spiro atoms. The number of rotatable bonds is 3. The maximum Gasteiger partial charge on any atom is 0.0660 e. The van der Waals surface area contributed by atoms with Gasteiger partial charge in [-0.1, -0.05) is 12.1 Å². The SMILES string of the molecule is Cc1cccc(N2CCN(Cc3c4c(nn3C)CCC4)CC2)c1C. The summed E-state index contributed by atoms with van der Waals surface area (Å²) in [6.45, 7) is 10.0. The molecule has 1 fully saturated rings. The summed E-state index contributed by atoms with van der Waals surface area (Å²) in [5.41, 5.74) is 8.56. The number of benzene rings is 1. The van der Waals surface area contributed by atoms with E-state index >= 15 is 0 Å². The molecule has 0 unspecified atom stereocenters. The quantitative estimate of drug-likeness (QED) is 0.868. The van der Waals surface area contributed by atoms with Crippen molar-refractivity contribution < 1.29 is 0 Å². The Hall–Kier alpha value is -1.81. The van der Waals surface area contributed by atoms with Crippen molar-refractivity contribution in [3.63, 3.8) is 0 Å². The maximum atomic E-state index is 4.72. The number of nitrogens with zero attached hydrogens (tertiary/aromatic N) is 4. The molecule has 1 aliphatic carbocycles. The van der Waals surface area contributed by atoms with Crippen molar-refractivity contribution >= 4 is 5.69 Å². The van der Waals surface area contributed by atoms with Gasteiger partial charge in [0.1, 0.15) is 0 Å². The first-order valence-electron chi connectivity index (χ1n) is 9.20. The lowest BCUT2D eigenvalue weighted by atomic mass is 10.1. The standard InChI is InChI=1S/C20H28N4/c1-15-6-4-9-19(16(15)2)24-12-10-23(11-13-24)14-20-17-7-5-8-18(17)21-22(20)3/h4,6,9H,5,7-8,10-14H2,1-3H3. The lowest BCUT2D eigenvalue weighted by molar-refractivity contribution is 0.243. The van der Waals surface area contributed by atoms with E-state index in [1.807, 2.05) is 0 Å². The molecule has 2 heterocycles. The molecule has 0 N–H and O–H groups in total. The van der Waals surface area contributed by atoms with Gasteiger partial charge in [0.25, 0.3) is 0 Å². The van der Waals surface area contributed by atoms with E-state index < -0.39 is 0 Å². The third-order valence-electron chi connectivity index (χ3n) is 5.86. The van der Waals surface area contributed by atoms with Gasteiger partial charge in [-0.25, -0.2) is 0 Å². The molecular formula is C20H28N4. The highest BCUT2D eigenvalue weighted by molar-refractivity contribution is 5.56. The second-order valence-corrected chi connectivity index (χ2v) is 7.33. The fraction of sp³-hybridized carbons (Fsp3) is 0.550. The predicted octanol–water partition coefficient (Wildman–Crippen LogP) is 2.85. The molecule has 0 amide bonds. The Morgan fingerprint density at radius 2 is 1.83 bits per heavy atom. The van der Waals surface area contributed by atoms with Gasteiger partial charge in [0.05, 0.1) is 11.4 Å². The lowest BCUT2D eigenvalue weighted by Crippen LogP contribution is -2.46. The number of aryl methyl sites for hydroxylation is 3. The Balaban J connectivity index is 1.43. The van der Waals surface area contributed by atoms with Gasteiger partial charge >= 0.3 is 0 Å². The molecule has 0 saturated carbocycles. The van der Waals surface area contributed by atoms with Gasteiger partial charge in [-0.15, -0.1) is 0 Å². The topological polar surface area (TPSA) is 24.3 Å². The summed E-state index contributed by atoms with van der Waals surface area (Å²) < 4.78 is 2.13. The second-order valence-electron chi connectivity index (χ2n) is 7.33. The Morgan fingerprint density at radius 1 is 1.04 bits per heavy atom. The molecule has 0 atom stereocenters. The van der Waals surface area contributed by atoms with Crippen molar-refractivity contribution in [3.05, 3.63) is 46.3 Å². The van der Waals surface area contributed by atoms with Crippen LogP contribution < -0.4 is 4.90 Å². The normalized spacial score (nSPS) is 18.2. The molecule has 0 radical (unpaired) electrons. The van der Waals surface area contributed by atoms with Gasteiger partial charge in [-0.05, 0) is 55.9 Å². The molecule has 4 heteroatoms. The Morgan fingerprint density at radius 3 is 2.62 bits per heavy atom. The summed E-state index contributed by atoms with van der Waals surface area (Å²) in [6.07, 6.45) is 3.68. The van der Waals surface area contributed by atoms with E-state index in [-0.39, 0.29) is 0 Å². The largest absolute Gasteiger partial charge is 0.369 e. The summed E-state index contributed by atoms with van der Waals surface area (Å²) in [5.74, 6) is 0. The van der Waals surface area contributed by atoms with E-state index in [0.717, 1.165) is 32.7 Å². The van der Waals surface area contributed by atoms with E-state index in [1.165, 1.54) is 53.0 Å². The molecular weight excluding hydrogens is 296 g/mol. The van der Waals surface area contributed by atoms with E-state index in [9.17, 15) is 0 Å². The number of hydrogen-bond donors (Lipinski definition) is 0. The summed E-state index contributed by atoms with van der Waals surface area (Å²) in [5, 5.41) is 4.72. The van der Waals surface area contributed by atoms with Crippen LogP contribution in [0.5, 0.6) is 0 Å². The summed E-state index contributed by atoms with van der Waals surface area (Å²) in [6, 6.07) is 6.66. The minimum Gasteiger partial charge on any atom is -0.369 e. The summed E-state index contributed by atoms with van der Waals surface area (Å²) in [7, 11) is 2.11. The minimum absolute atomic E-state index is 1.06. The predicted molar refractivity (Wildman–Crippen MR) is 98.6 cm³/mol. The van der Waals surface area contributed by atoms with E-state index in [4.69, 9.17) is 5.10 Å². The zero-order chi connectivity index (χ0) is 16.7. The molecule has 128 valence electrons. The first-order chi connectivity index (χ1) is 11.6. The zero-order valence-corrected chi connectivity index (χ0v) is 15.2. The summed E-state index contributed by atoms with van der Waals surface area (Å²) >= 11 is 0. The number of anilines is 1. The van der Waals surface area contributed by atoms with Gasteiger partial charge in [0, 0.05) is 45.5 Å². The number of hydrogen-bond acceptors (Lipinski definition) is 3. The van der Waals surface area contributed by atoms with Crippen molar-refractivity contribution in [1.82, 2.24) is 14.7 Å². The summed E-state index contributed by atoms with van der Waals surface area (Å²) in [4.78, 5) is 5.14.